The van der Waals surface area contributed by atoms with E-state index in [2.05, 4.69) is 84.9 Å². The summed E-state index contributed by atoms with van der Waals surface area (Å²) in [5.41, 5.74) is 4.86. The Labute approximate surface area is 166 Å². The topological polar surface area (TPSA) is 18.5 Å². The molecule has 0 radical (unpaired) electrons. The highest BCUT2D eigenvalue weighted by molar-refractivity contribution is 5.65. The van der Waals surface area contributed by atoms with Gasteiger partial charge in [0.05, 0.1) is 12.7 Å². The van der Waals surface area contributed by atoms with Gasteiger partial charge in [-0.15, -0.1) is 0 Å². The van der Waals surface area contributed by atoms with Crippen LogP contribution in [0.1, 0.15) is 24.0 Å². The number of hydrogen-bond donors (Lipinski definition) is 0. The SMILES string of the molecule is C(=C\[C@H]1C[C@H]2CO[C@@](c3ccccc3)(C1)O2)/c1ccc(-c2ccccc2)cc1. The summed E-state index contributed by atoms with van der Waals surface area (Å²) < 4.78 is 12.4. The van der Waals surface area contributed by atoms with Crippen molar-refractivity contribution in [2.75, 3.05) is 6.61 Å². The Hall–Kier alpha value is -2.68. The molecular weight excluding hydrogens is 344 g/mol. The first-order valence-corrected chi connectivity index (χ1v) is 10.0. The van der Waals surface area contributed by atoms with Crippen molar-refractivity contribution in [1.29, 1.82) is 0 Å². The van der Waals surface area contributed by atoms with Gasteiger partial charge in [-0.2, -0.15) is 0 Å². The lowest BCUT2D eigenvalue weighted by atomic mass is 9.87. The Bertz CT molecular complexity index is 947. The quantitative estimate of drug-likeness (QED) is 0.558. The van der Waals surface area contributed by atoms with E-state index in [-0.39, 0.29) is 6.10 Å². The predicted molar refractivity (Wildman–Crippen MR) is 113 cm³/mol. The molecule has 3 aromatic rings. The molecule has 28 heavy (non-hydrogen) atoms. The minimum absolute atomic E-state index is 0.184. The van der Waals surface area contributed by atoms with Crippen molar-refractivity contribution in [1.82, 2.24) is 0 Å². The monoisotopic (exact) mass is 368 g/mol. The fourth-order valence-electron chi connectivity index (χ4n) is 4.33. The van der Waals surface area contributed by atoms with E-state index in [1.807, 2.05) is 12.1 Å². The van der Waals surface area contributed by atoms with E-state index in [4.69, 9.17) is 9.47 Å². The highest BCUT2D eigenvalue weighted by Gasteiger charge is 2.48. The Balaban J connectivity index is 1.32. The van der Waals surface area contributed by atoms with Crippen molar-refractivity contribution in [2.24, 2.45) is 5.92 Å². The molecule has 0 aromatic heterocycles. The van der Waals surface area contributed by atoms with Crippen LogP contribution in [0.5, 0.6) is 0 Å². The minimum Gasteiger partial charge on any atom is -0.343 e. The molecule has 2 fully saturated rings. The minimum atomic E-state index is -0.573. The maximum atomic E-state index is 6.26. The van der Waals surface area contributed by atoms with Gasteiger partial charge in [0.2, 0.25) is 0 Å². The van der Waals surface area contributed by atoms with Crippen LogP contribution in [-0.2, 0) is 15.3 Å². The molecule has 0 saturated carbocycles. The molecule has 2 saturated heterocycles. The molecule has 0 unspecified atom stereocenters. The van der Waals surface area contributed by atoms with Crippen molar-refractivity contribution in [3.63, 3.8) is 0 Å². The zero-order chi connectivity index (χ0) is 18.8. The number of rotatable bonds is 4. The molecule has 2 bridgehead atoms. The molecule has 3 atom stereocenters. The van der Waals surface area contributed by atoms with Gasteiger partial charge in [-0.25, -0.2) is 0 Å². The molecular formula is C26H24O2. The van der Waals surface area contributed by atoms with Gasteiger partial charge in [-0.3, -0.25) is 0 Å². The molecule has 2 nitrogen and oxygen atoms in total. The number of benzene rings is 3. The molecule has 3 aromatic carbocycles. The standard InChI is InChI=1S/C26H24O2/c1-3-7-22(8-4-1)23-15-13-20(14-16-23)11-12-21-17-25-19-27-26(18-21,28-25)24-9-5-2-6-10-24/h1-16,21,25H,17-19H2/b12-11+/t21-,25-,26-/m0/s1. The van der Waals surface area contributed by atoms with Crippen LogP contribution >= 0.6 is 0 Å². The van der Waals surface area contributed by atoms with Crippen LogP contribution < -0.4 is 0 Å². The maximum absolute atomic E-state index is 6.26. The lowest BCUT2D eigenvalue weighted by molar-refractivity contribution is -0.204. The molecule has 0 spiro atoms. The van der Waals surface area contributed by atoms with Crippen LogP contribution in [0, 0.1) is 5.92 Å². The first-order valence-electron chi connectivity index (χ1n) is 10.0. The molecule has 2 heterocycles. The third-order valence-electron chi connectivity index (χ3n) is 5.75. The molecule has 2 aliphatic rings. The lowest BCUT2D eigenvalue weighted by Crippen LogP contribution is -2.35. The second-order valence-corrected chi connectivity index (χ2v) is 7.72. The summed E-state index contributed by atoms with van der Waals surface area (Å²) >= 11 is 0. The van der Waals surface area contributed by atoms with Gasteiger partial charge < -0.3 is 9.47 Å². The van der Waals surface area contributed by atoms with E-state index >= 15 is 0 Å². The van der Waals surface area contributed by atoms with Crippen molar-refractivity contribution < 1.29 is 9.47 Å². The Kier molecular flexibility index (Phi) is 4.59. The Morgan fingerprint density at radius 2 is 1.46 bits per heavy atom. The second kappa shape index (κ2) is 7.38. The third-order valence-corrected chi connectivity index (χ3v) is 5.75. The normalized spacial score (nSPS) is 26.6. The van der Waals surface area contributed by atoms with Crippen LogP contribution in [0.25, 0.3) is 17.2 Å². The molecule has 0 N–H and O–H groups in total. The average Bonchev–Trinajstić information content (AvgIpc) is 3.09. The van der Waals surface area contributed by atoms with Crippen molar-refractivity contribution in [3.8, 4) is 11.1 Å². The summed E-state index contributed by atoms with van der Waals surface area (Å²) in [5, 5.41) is 0. The second-order valence-electron chi connectivity index (χ2n) is 7.72. The van der Waals surface area contributed by atoms with Gasteiger partial charge in [0.25, 0.3) is 0 Å². The highest BCUT2D eigenvalue weighted by atomic mass is 16.7. The average molecular weight is 368 g/mol. The summed E-state index contributed by atoms with van der Waals surface area (Å²) in [6.45, 7) is 0.686. The number of hydrogen-bond acceptors (Lipinski definition) is 2. The maximum Gasteiger partial charge on any atom is 0.195 e. The van der Waals surface area contributed by atoms with Crippen LogP contribution in [0.15, 0.2) is 91.0 Å². The van der Waals surface area contributed by atoms with Crippen LogP contribution in [0.3, 0.4) is 0 Å². The predicted octanol–water partition coefficient (Wildman–Crippen LogP) is 6.05. The van der Waals surface area contributed by atoms with E-state index in [1.54, 1.807) is 0 Å². The van der Waals surface area contributed by atoms with E-state index in [1.165, 1.54) is 16.7 Å². The van der Waals surface area contributed by atoms with Crippen molar-refractivity contribution in [3.05, 3.63) is 102 Å². The smallest absolute Gasteiger partial charge is 0.195 e. The first-order chi connectivity index (χ1) is 13.8. The summed E-state index contributed by atoms with van der Waals surface area (Å²) in [6, 6.07) is 29.6. The van der Waals surface area contributed by atoms with E-state index in [0.29, 0.717) is 12.5 Å². The summed E-state index contributed by atoms with van der Waals surface area (Å²) in [4.78, 5) is 0. The number of fused-ring (bicyclic) bond motifs is 2. The lowest BCUT2D eigenvalue weighted by Gasteiger charge is -2.35. The first kappa shape index (κ1) is 17.4. The van der Waals surface area contributed by atoms with Gasteiger partial charge >= 0.3 is 0 Å². The van der Waals surface area contributed by atoms with E-state index in [0.717, 1.165) is 18.4 Å². The summed E-state index contributed by atoms with van der Waals surface area (Å²) in [5.74, 6) is -0.119. The van der Waals surface area contributed by atoms with Crippen molar-refractivity contribution in [2.45, 2.75) is 24.7 Å². The zero-order valence-corrected chi connectivity index (χ0v) is 15.8. The summed E-state index contributed by atoms with van der Waals surface area (Å²) in [7, 11) is 0. The van der Waals surface area contributed by atoms with Gasteiger partial charge in [0.15, 0.2) is 5.79 Å². The Morgan fingerprint density at radius 3 is 2.21 bits per heavy atom. The molecule has 0 aliphatic carbocycles. The highest BCUT2D eigenvalue weighted by Crippen LogP contribution is 2.46. The van der Waals surface area contributed by atoms with Crippen LogP contribution in [0.4, 0.5) is 0 Å². The zero-order valence-electron chi connectivity index (χ0n) is 15.8. The van der Waals surface area contributed by atoms with Crippen molar-refractivity contribution >= 4 is 6.08 Å². The van der Waals surface area contributed by atoms with Crippen LogP contribution in [0.2, 0.25) is 0 Å². The van der Waals surface area contributed by atoms with Gasteiger partial charge in [0.1, 0.15) is 0 Å². The third kappa shape index (κ3) is 3.42. The molecule has 140 valence electrons. The molecule has 2 heteroatoms. The molecule has 0 amide bonds. The largest absolute Gasteiger partial charge is 0.343 e. The van der Waals surface area contributed by atoms with Gasteiger partial charge in [-0.1, -0.05) is 97.1 Å². The van der Waals surface area contributed by atoms with Crippen LogP contribution in [-0.4, -0.2) is 12.7 Å². The molecule has 5 rings (SSSR count). The summed E-state index contributed by atoms with van der Waals surface area (Å²) in [6.07, 6.45) is 6.64. The fraction of sp³-hybridized carbons (Fsp3) is 0.231. The Morgan fingerprint density at radius 1 is 0.786 bits per heavy atom. The van der Waals surface area contributed by atoms with E-state index < -0.39 is 5.79 Å². The van der Waals surface area contributed by atoms with Gasteiger partial charge in [-0.05, 0) is 29.0 Å². The van der Waals surface area contributed by atoms with Gasteiger partial charge in [0, 0.05) is 12.0 Å². The molecule has 2 aliphatic heterocycles. The fourth-order valence-corrected chi connectivity index (χ4v) is 4.33. The number of ether oxygens (including phenoxy) is 2. The number of allylic oxidation sites excluding steroid dienone is 1. The van der Waals surface area contributed by atoms with E-state index in [9.17, 15) is 0 Å².